The van der Waals surface area contributed by atoms with Gasteiger partial charge in [0.25, 0.3) is 5.56 Å². The minimum Gasteiger partial charge on any atom is -0.390 e. The first kappa shape index (κ1) is 16.0. The number of benzene rings is 1. The highest BCUT2D eigenvalue weighted by Crippen LogP contribution is 2.32. The summed E-state index contributed by atoms with van der Waals surface area (Å²) in [5, 5.41) is 20.9. The highest BCUT2D eigenvalue weighted by Gasteiger charge is 2.26. The lowest BCUT2D eigenvalue weighted by Crippen LogP contribution is -2.46. The summed E-state index contributed by atoms with van der Waals surface area (Å²) in [6.07, 6.45) is -0.946. The maximum absolute atomic E-state index is 12.4. The van der Waals surface area contributed by atoms with Gasteiger partial charge in [-0.1, -0.05) is 11.6 Å². The first-order valence-corrected chi connectivity index (χ1v) is 8.90. The van der Waals surface area contributed by atoms with Crippen LogP contribution in [0.25, 0.3) is 20.3 Å². The Morgan fingerprint density at radius 1 is 1.38 bits per heavy atom. The van der Waals surface area contributed by atoms with E-state index in [2.05, 4.69) is 9.97 Å². The number of aliphatic hydroxyl groups is 2. The van der Waals surface area contributed by atoms with Crippen LogP contribution >= 0.6 is 22.9 Å². The van der Waals surface area contributed by atoms with Gasteiger partial charge in [0.2, 0.25) is 0 Å². The Morgan fingerprint density at radius 2 is 2.21 bits per heavy atom. The maximum atomic E-state index is 12.4. The van der Waals surface area contributed by atoms with Crippen molar-refractivity contribution in [3.8, 4) is 0 Å². The molecule has 2 unspecified atom stereocenters. The smallest absolute Gasteiger partial charge is 0.268 e. The van der Waals surface area contributed by atoms with Gasteiger partial charge in [0.1, 0.15) is 10.5 Å². The number of hydrogen-bond donors (Lipinski definition) is 3. The monoisotopic (exact) mass is 365 g/mol. The number of thiophene rings is 1. The van der Waals surface area contributed by atoms with Gasteiger partial charge in [0, 0.05) is 28.2 Å². The van der Waals surface area contributed by atoms with Crippen LogP contribution in [0.1, 0.15) is 12.2 Å². The molecular weight excluding hydrogens is 350 g/mol. The average molecular weight is 366 g/mol. The van der Waals surface area contributed by atoms with Gasteiger partial charge < -0.3 is 15.2 Å². The van der Waals surface area contributed by atoms with Crippen LogP contribution in [0, 0.1) is 0 Å². The lowest BCUT2D eigenvalue weighted by molar-refractivity contribution is -0.0409. The number of nitrogens with zero attached hydrogens (tertiary/aromatic N) is 2. The average Bonchev–Trinajstić information content (AvgIpc) is 2.90. The highest BCUT2D eigenvalue weighted by atomic mass is 35.5. The Kier molecular flexibility index (Phi) is 4.06. The summed E-state index contributed by atoms with van der Waals surface area (Å²) in [5.74, 6) is 0.552. The molecule has 0 saturated carbocycles. The molecule has 2 aromatic heterocycles. The molecule has 3 N–H and O–H groups in total. The molecule has 3 heterocycles. The van der Waals surface area contributed by atoms with Gasteiger partial charge in [0.05, 0.1) is 24.3 Å². The first-order chi connectivity index (χ1) is 11.5. The quantitative estimate of drug-likeness (QED) is 0.643. The van der Waals surface area contributed by atoms with Crippen LogP contribution < -0.4 is 5.56 Å². The third-order valence-corrected chi connectivity index (χ3v) is 5.73. The molecule has 126 valence electrons. The number of nitrogens with one attached hydrogen (secondary N) is 1. The van der Waals surface area contributed by atoms with Crippen molar-refractivity contribution in [1.29, 1.82) is 0 Å². The summed E-state index contributed by atoms with van der Waals surface area (Å²) in [6.45, 7) is 1.43. The van der Waals surface area contributed by atoms with Crippen LogP contribution in [0.15, 0.2) is 23.0 Å². The third kappa shape index (κ3) is 2.82. The minimum absolute atomic E-state index is 0.162. The SMILES string of the molecule is O=c1[nH]c(CN2CCC(O)C(O)C2)nc2c1sc1ccc(Cl)cc12. The van der Waals surface area contributed by atoms with E-state index in [4.69, 9.17) is 11.6 Å². The van der Waals surface area contributed by atoms with Gasteiger partial charge in [-0.05, 0) is 24.6 Å². The fourth-order valence-corrected chi connectivity index (χ4v) is 4.28. The zero-order valence-corrected chi connectivity index (χ0v) is 14.3. The largest absolute Gasteiger partial charge is 0.390 e. The van der Waals surface area contributed by atoms with E-state index >= 15 is 0 Å². The van der Waals surface area contributed by atoms with E-state index in [-0.39, 0.29) is 5.56 Å². The lowest BCUT2D eigenvalue weighted by atomic mass is 10.1. The number of rotatable bonds is 2. The van der Waals surface area contributed by atoms with Crippen molar-refractivity contribution in [1.82, 2.24) is 14.9 Å². The molecular formula is C16H16ClN3O3S. The molecule has 3 aromatic rings. The molecule has 0 spiro atoms. The van der Waals surface area contributed by atoms with Gasteiger partial charge in [-0.2, -0.15) is 0 Å². The zero-order chi connectivity index (χ0) is 16.8. The van der Waals surface area contributed by atoms with Crippen molar-refractivity contribution in [3.63, 3.8) is 0 Å². The summed E-state index contributed by atoms with van der Waals surface area (Å²) in [7, 11) is 0. The summed E-state index contributed by atoms with van der Waals surface area (Å²) in [5.41, 5.74) is 0.499. The third-order valence-electron chi connectivity index (χ3n) is 4.34. The van der Waals surface area contributed by atoms with E-state index in [1.165, 1.54) is 11.3 Å². The molecule has 8 heteroatoms. The van der Waals surface area contributed by atoms with Gasteiger partial charge in [-0.3, -0.25) is 9.69 Å². The van der Waals surface area contributed by atoms with Crippen LogP contribution in [0.2, 0.25) is 5.02 Å². The number of aliphatic hydroxyl groups excluding tert-OH is 2. The van der Waals surface area contributed by atoms with Crippen molar-refractivity contribution in [2.24, 2.45) is 0 Å². The van der Waals surface area contributed by atoms with E-state index in [1.54, 1.807) is 6.07 Å². The molecule has 1 aliphatic heterocycles. The van der Waals surface area contributed by atoms with Crippen molar-refractivity contribution in [3.05, 3.63) is 39.4 Å². The Bertz CT molecular complexity index is 970. The van der Waals surface area contributed by atoms with E-state index in [1.807, 2.05) is 17.0 Å². The first-order valence-electron chi connectivity index (χ1n) is 7.71. The van der Waals surface area contributed by atoms with Gasteiger partial charge in [0.15, 0.2) is 0 Å². The second-order valence-electron chi connectivity index (χ2n) is 6.09. The van der Waals surface area contributed by atoms with E-state index in [9.17, 15) is 15.0 Å². The molecule has 0 amide bonds. The Morgan fingerprint density at radius 3 is 3.00 bits per heavy atom. The van der Waals surface area contributed by atoms with Gasteiger partial charge in [-0.25, -0.2) is 4.98 Å². The van der Waals surface area contributed by atoms with E-state index in [0.717, 1.165) is 10.1 Å². The molecule has 0 bridgehead atoms. The van der Waals surface area contributed by atoms with Crippen LogP contribution in [0.3, 0.4) is 0 Å². The predicted molar refractivity (Wildman–Crippen MR) is 94.7 cm³/mol. The molecule has 0 radical (unpaired) electrons. The molecule has 1 aliphatic rings. The van der Waals surface area contributed by atoms with Crippen LogP contribution in [0.5, 0.6) is 0 Å². The van der Waals surface area contributed by atoms with Crippen molar-refractivity contribution < 1.29 is 10.2 Å². The van der Waals surface area contributed by atoms with Crippen LogP contribution in [0.4, 0.5) is 0 Å². The summed E-state index contributed by atoms with van der Waals surface area (Å²) < 4.78 is 1.56. The molecule has 2 atom stereocenters. The number of piperidine rings is 1. The summed E-state index contributed by atoms with van der Waals surface area (Å²) in [4.78, 5) is 21.8. The Balaban J connectivity index is 1.73. The summed E-state index contributed by atoms with van der Waals surface area (Å²) in [6, 6.07) is 5.52. The van der Waals surface area contributed by atoms with Crippen LogP contribution in [-0.2, 0) is 6.54 Å². The second-order valence-corrected chi connectivity index (χ2v) is 7.58. The number of halogens is 1. The standard InChI is InChI=1S/C16H16ClN3O3S/c17-8-1-2-12-9(5-8)14-15(24-12)16(23)19-13(18-14)7-20-4-3-10(21)11(22)6-20/h1-2,5,10-11,21-22H,3-4,6-7H2,(H,18,19,23). The van der Waals surface area contributed by atoms with Crippen molar-refractivity contribution >= 4 is 43.2 Å². The Labute approximate surface area is 146 Å². The fraction of sp³-hybridized carbons (Fsp3) is 0.375. The predicted octanol–water partition coefficient (Wildman–Crippen LogP) is 1.72. The molecule has 1 saturated heterocycles. The van der Waals surface area contributed by atoms with Crippen molar-refractivity contribution in [2.45, 2.75) is 25.2 Å². The second kappa shape index (κ2) is 6.09. The van der Waals surface area contributed by atoms with Crippen LogP contribution in [-0.4, -0.2) is 50.4 Å². The Hall–Kier alpha value is -1.51. The van der Waals surface area contributed by atoms with Crippen molar-refractivity contribution in [2.75, 3.05) is 13.1 Å². The number of likely N-dealkylation sites (tertiary alicyclic amines) is 1. The number of aromatic amines is 1. The summed E-state index contributed by atoms with van der Waals surface area (Å²) >= 11 is 7.47. The van der Waals surface area contributed by atoms with E-state index < -0.39 is 12.2 Å². The number of H-pyrrole nitrogens is 1. The fourth-order valence-electron chi connectivity index (χ4n) is 3.09. The molecule has 1 aromatic carbocycles. The molecule has 6 nitrogen and oxygen atoms in total. The molecule has 1 fully saturated rings. The lowest BCUT2D eigenvalue weighted by Gasteiger charge is -2.32. The normalized spacial score (nSPS) is 22.5. The zero-order valence-electron chi connectivity index (χ0n) is 12.7. The van der Waals surface area contributed by atoms with E-state index in [0.29, 0.717) is 47.1 Å². The minimum atomic E-state index is -0.769. The number of aromatic nitrogens is 2. The number of β-amino-alcohol motifs (C(OH)–C–C–N with tert-alkyl or cyclic N) is 1. The molecule has 0 aliphatic carbocycles. The number of fused-ring (bicyclic) bond motifs is 3. The molecule has 4 rings (SSSR count). The molecule has 24 heavy (non-hydrogen) atoms. The van der Waals surface area contributed by atoms with Gasteiger partial charge >= 0.3 is 0 Å². The topological polar surface area (TPSA) is 89.5 Å². The number of hydrogen-bond acceptors (Lipinski definition) is 6. The van der Waals surface area contributed by atoms with Gasteiger partial charge in [-0.15, -0.1) is 11.3 Å². The maximum Gasteiger partial charge on any atom is 0.268 e. The highest BCUT2D eigenvalue weighted by molar-refractivity contribution is 7.25.